The molecular weight excluding hydrogens is 893 g/mol. The predicted molar refractivity (Wildman–Crippen MR) is 225 cm³/mol. The van der Waals surface area contributed by atoms with Crippen LogP contribution in [0.4, 0.5) is 18.0 Å². The third-order valence-electron chi connectivity index (χ3n) is 7.66. The molecular formula is C38H45Cl2F3N5O11PS. The minimum atomic E-state index is -4.86. The van der Waals surface area contributed by atoms with Crippen molar-refractivity contribution < 1.29 is 56.5 Å². The molecule has 0 spiro atoms. The molecule has 16 nitrogen and oxygen atoms in total. The van der Waals surface area contributed by atoms with E-state index >= 15 is 0 Å². The number of ether oxygens (including phenoxy) is 2. The quantitative estimate of drug-likeness (QED) is 0.0474. The van der Waals surface area contributed by atoms with E-state index in [0.717, 1.165) is 37.3 Å². The van der Waals surface area contributed by atoms with Gasteiger partial charge in [0.15, 0.2) is 10.9 Å². The molecule has 0 bridgehead atoms. The first kappa shape index (κ1) is 52.6. The molecule has 0 fully saturated rings. The average Bonchev–Trinajstić information content (AvgIpc) is 3.16. The number of halogens is 5. The Morgan fingerprint density at radius 2 is 1.59 bits per heavy atom. The van der Waals surface area contributed by atoms with E-state index in [1.54, 1.807) is 13.8 Å². The molecule has 0 unspecified atom stereocenters. The second-order valence-electron chi connectivity index (χ2n) is 13.0. The van der Waals surface area contributed by atoms with E-state index in [9.17, 15) is 41.7 Å². The second kappa shape index (κ2) is 25.4. The van der Waals surface area contributed by atoms with E-state index in [1.807, 2.05) is 30.3 Å². The van der Waals surface area contributed by atoms with Crippen molar-refractivity contribution in [1.82, 2.24) is 24.6 Å². The van der Waals surface area contributed by atoms with Crippen molar-refractivity contribution in [2.45, 2.75) is 71.6 Å². The van der Waals surface area contributed by atoms with Gasteiger partial charge in [-0.05, 0) is 50.2 Å². The summed E-state index contributed by atoms with van der Waals surface area (Å²) in [4.78, 5) is 74.7. The standard InChI is InChI=1S/C19H23ClN2O2S.C16H14ClF3N2O4.C3H8NO5P/c1-2-3-4-5-6-10-13-25-19(23)24-16-14-17(20)21-22-18(16)15-11-8-7-9-12-15;1-8(2)26-14(24)10-6-9(4-5-11(10)17)22-13(23)7-12(16(18,19)20)21(3)15(22)25;5-3(6)1-4-2-10(7,8)9/h7-9,11-12,14H,2-6,10,13H2,1H3;4-8H,1-3H3;4H,1-2H2,(H,5,6)(H2,7,8,9). The minimum Gasteiger partial charge on any atom is -0.480 e. The fourth-order valence-electron chi connectivity index (χ4n) is 4.91. The minimum absolute atomic E-state index is 0.0104. The number of esters is 1. The molecule has 23 heteroatoms. The predicted octanol–water partition coefficient (Wildman–Crippen LogP) is 7.96. The van der Waals surface area contributed by atoms with E-state index in [0.29, 0.717) is 26.6 Å². The fourth-order valence-corrected chi connectivity index (χ4v) is 6.31. The highest BCUT2D eigenvalue weighted by atomic mass is 35.5. The van der Waals surface area contributed by atoms with E-state index < -0.39 is 61.6 Å². The number of hydrogen-bond acceptors (Lipinski definition) is 12. The molecule has 0 aliphatic rings. The summed E-state index contributed by atoms with van der Waals surface area (Å²) in [5.41, 5.74) is -2.66. The number of carbonyl (C=O) groups is 3. The molecule has 2 aromatic carbocycles. The van der Waals surface area contributed by atoms with Crippen LogP contribution in [0.25, 0.3) is 16.9 Å². The fraction of sp³-hybridized carbons (Fsp3) is 0.395. The van der Waals surface area contributed by atoms with Crippen LogP contribution in [-0.4, -0.2) is 76.2 Å². The van der Waals surface area contributed by atoms with Crippen molar-refractivity contribution in [3.8, 4) is 22.7 Å². The molecule has 2 heterocycles. The van der Waals surface area contributed by atoms with Crippen molar-refractivity contribution in [2.24, 2.45) is 7.05 Å². The van der Waals surface area contributed by atoms with Gasteiger partial charge in [0.2, 0.25) is 0 Å². The van der Waals surface area contributed by atoms with Crippen LogP contribution in [0.15, 0.2) is 70.3 Å². The van der Waals surface area contributed by atoms with Crippen LogP contribution in [-0.2, 0) is 27.3 Å². The van der Waals surface area contributed by atoms with Crippen LogP contribution in [0.5, 0.6) is 5.75 Å². The molecule has 0 saturated carbocycles. The molecule has 0 atom stereocenters. The first-order valence-electron chi connectivity index (χ1n) is 18.4. The molecule has 0 amide bonds. The van der Waals surface area contributed by atoms with Crippen molar-refractivity contribution >= 4 is 59.8 Å². The number of rotatable bonds is 16. The summed E-state index contributed by atoms with van der Waals surface area (Å²) in [5, 5.41) is 17.8. The maximum atomic E-state index is 12.9. The third kappa shape index (κ3) is 18.9. The number of thioether (sulfide) groups is 1. The highest BCUT2D eigenvalue weighted by molar-refractivity contribution is 8.13. The van der Waals surface area contributed by atoms with Gasteiger partial charge in [-0.15, -0.1) is 10.2 Å². The smallest absolute Gasteiger partial charge is 0.431 e. The van der Waals surface area contributed by atoms with E-state index in [2.05, 4.69) is 22.4 Å². The Labute approximate surface area is 362 Å². The Balaban J connectivity index is 0.000000345. The maximum Gasteiger partial charge on any atom is 0.431 e. The van der Waals surface area contributed by atoms with E-state index in [4.69, 9.17) is 47.6 Å². The van der Waals surface area contributed by atoms with Crippen LogP contribution < -0.4 is 21.3 Å². The monoisotopic (exact) mass is 937 g/mol. The van der Waals surface area contributed by atoms with Crippen molar-refractivity contribution in [1.29, 1.82) is 0 Å². The van der Waals surface area contributed by atoms with E-state index in [-0.39, 0.29) is 26.7 Å². The number of carboxylic acids is 1. The van der Waals surface area contributed by atoms with Crippen molar-refractivity contribution in [3.05, 3.63) is 103 Å². The number of carboxylic acid groups (broad SMARTS) is 1. The Bertz CT molecular complexity index is 2260. The van der Waals surface area contributed by atoms with Crippen LogP contribution in [0, 0.1) is 0 Å². The van der Waals surface area contributed by atoms with Crippen molar-refractivity contribution in [3.63, 3.8) is 0 Å². The Kier molecular flexibility index (Phi) is 21.9. The topological polar surface area (TPSA) is 229 Å². The zero-order valence-corrected chi connectivity index (χ0v) is 36.6. The molecule has 4 rings (SSSR count). The van der Waals surface area contributed by atoms with Crippen LogP contribution >= 0.6 is 42.6 Å². The SMILES string of the molecule is CC(C)OC(=O)c1cc(-n2c(=O)cc(C(F)(F)F)n(C)c2=O)ccc1Cl.CCCCCCCCSC(=O)Oc1cc(Cl)nnc1-c1ccccc1.O=C(O)CNCP(=O)(O)O. The molecule has 0 radical (unpaired) electrons. The Morgan fingerprint density at radius 3 is 2.18 bits per heavy atom. The average molecular weight is 939 g/mol. The number of unbranched alkanes of at least 4 members (excludes halogenated alkanes) is 5. The van der Waals surface area contributed by atoms with Gasteiger partial charge >= 0.3 is 36.7 Å². The van der Waals surface area contributed by atoms with Gasteiger partial charge in [-0.3, -0.25) is 24.0 Å². The lowest BCUT2D eigenvalue weighted by Crippen LogP contribution is -2.40. The number of benzene rings is 2. The van der Waals surface area contributed by atoms with Crippen LogP contribution in [0.2, 0.25) is 10.2 Å². The summed E-state index contributed by atoms with van der Waals surface area (Å²) in [6.07, 6.45) is 1.29. The molecule has 4 N–H and O–H groups in total. The normalized spacial score (nSPS) is 11.2. The Hall–Kier alpha value is -4.56. The number of carbonyl (C=O) groups excluding carboxylic acids is 2. The molecule has 334 valence electrons. The number of hydrogen-bond donors (Lipinski definition) is 4. The molecule has 4 aromatic rings. The number of nitrogens with zero attached hydrogens (tertiary/aromatic N) is 4. The lowest BCUT2D eigenvalue weighted by atomic mass is 10.1. The number of alkyl halides is 3. The second-order valence-corrected chi connectivity index (χ2v) is 16.5. The summed E-state index contributed by atoms with van der Waals surface area (Å²) < 4.78 is 60.0. The van der Waals surface area contributed by atoms with E-state index in [1.165, 1.54) is 55.6 Å². The summed E-state index contributed by atoms with van der Waals surface area (Å²) in [7, 11) is -3.20. The Morgan fingerprint density at radius 1 is 0.951 bits per heavy atom. The van der Waals surface area contributed by atoms with Gasteiger partial charge in [0.25, 0.3) is 5.56 Å². The van der Waals surface area contributed by atoms with Gasteiger partial charge in [0.05, 0.1) is 35.2 Å². The van der Waals surface area contributed by atoms with Gasteiger partial charge in [0.1, 0.15) is 11.4 Å². The molecule has 61 heavy (non-hydrogen) atoms. The lowest BCUT2D eigenvalue weighted by molar-refractivity contribution is -0.144. The van der Waals surface area contributed by atoms with Gasteiger partial charge in [0, 0.05) is 30.5 Å². The first-order chi connectivity index (χ1) is 28.5. The van der Waals surface area contributed by atoms with Gasteiger partial charge in [-0.1, -0.05) is 92.6 Å². The third-order valence-corrected chi connectivity index (χ3v) is 9.62. The first-order valence-corrected chi connectivity index (χ1v) is 21.9. The zero-order chi connectivity index (χ0) is 45.9. The molecule has 0 aliphatic heterocycles. The number of nitrogens with one attached hydrogen (secondary N) is 1. The molecule has 0 aliphatic carbocycles. The summed E-state index contributed by atoms with van der Waals surface area (Å²) >= 11 is 13.0. The van der Waals surface area contributed by atoms with Crippen LogP contribution in [0.1, 0.15) is 75.3 Å². The van der Waals surface area contributed by atoms with Gasteiger partial charge in [-0.2, -0.15) is 13.2 Å². The lowest BCUT2D eigenvalue weighted by Gasteiger charge is -2.15. The summed E-state index contributed by atoms with van der Waals surface area (Å²) in [5.74, 6) is -0.832. The maximum absolute atomic E-state index is 12.9. The van der Waals surface area contributed by atoms with Gasteiger partial charge in [-0.25, -0.2) is 19.0 Å². The number of aliphatic carboxylic acids is 1. The summed E-state index contributed by atoms with van der Waals surface area (Å²) in [6, 6.07) is 14.9. The highest BCUT2D eigenvalue weighted by Gasteiger charge is 2.35. The largest absolute Gasteiger partial charge is 0.480 e. The molecule has 0 saturated heterocycles. The molecule has 2 aromatic heterocycles. The number of aromatic nitrogens is 4. The highest BCUT2D eigenvalue weighted by Crippen LogP contribution is 2.32. The van der Waals surface area contributed by atoms with Crippen LogP contribution in [0.3, 0.4) is 0 Å². The van der Waals surface area contributed by atoms with Crippen molar-refractivity contribution in [2.75, 3.05) is 18.6 Å². The summed E-state index contributed by atoms with van der Waals surface area (Å²) in [6.45, 7) is 5.00. The van der Waals surface area contributed by atoms with Gasteiger partial charge < -0.3 is 24.4 Å². The zero-order valence-electron chi connectivity index (χ0n) is 33.4.